The summed E-state index contributed by atoms with van der Waals surface area (Å²) in [6.45, 7) is 0. The number of thiophene rings is 2. The van der Waals surface area contributed by atoms with Crippen LogP contribution in [0.1, 0.15) is 0 Å². The lowest BCUT2D eigenvalue weighted by Crippen LogP contribution is -2.11. The first-order chi connectivity index (χ1) is 24.3. The van der Waals surface area contributed by atoms with Crippen molar-refractivity contribution in [2.24, 2.45) is 0 Å². The minimum absolute atomic E-state index is 1.15. The molecule has 0 saturated carbocycles. The van der Waals surface area contributed by atoms with Crippen molar-refractivity contribution in [1.29, 1.82) is 0 Å². The Morgan fingerprint density at radius 1 is 0.347 bits per heavy atom. The monoisotopic (exact) mass is 659 g/mol. The average Bonchev–Trinajstić information content (AvgIpc) is 3.74. The molecule has 1 nitrogen and oxygen atoms in total. The van der Waals surface area contributed by atoms with Gasteiger partial charge in [0.1, 0.15) is 0 Å². The third-order valence-electron chi connectivity index (χ3n) is 9.65. The number of fused-ring (bicyclic) bond motifs is 7. The maximum Gasteiger partial charge on any atom is 0.0640 e. The van der Waals surface area contributed by atoms with Crippen LogP contribution in [0.3, 0.4) is 0 Å². The second-order valence-corrected chi connectivity index (χ2v) is 14.7. The second kappa shape index (κ2) is 11.5. The van der Waals surface area contributed by atoms with Gasteiger partial charge in [0.15, 0.2) is 0 Å². The van der Waals surface area contributed by atoms with Gasteiger partial charge >= 0.3 is 0 Å². The molecule has 3 heteroatoms. The molecular weight excluding hydrogens is 631 g/mol. The standard InChI is InChI=1S/C46H29NS2/c1-2-12-31(13-3-1)36-25-23-34(33-22-21-30-11-4-5-14-32(30)27-33)28-42(36)47(35-24-26-45-40(29-35)38-16-7-8-19-43(38)48-45)41-18-10-17-39-37-15-6-9-20-44(37)49-46(39)41/h1-29H. The van der Waals surface area contributed by atoms with E-state index >= 15 is 0 Å². The molecule has 49 heavy (non-hydrogen) atoms. The lowest BCUT2D eigenvalue weighted by molar-refractivity contribution is 1.31. The van der Waals surface area contributed by atoms with Crippen molar-refractivity contribution in [2.45, 2.75) is 0 Å². The van der Waals surface area contributed by atoms with Crippen LogP contribution in [0, 0.1) is 0 Å². The van der Waals surface area contributed by atoms with E-state index in [4.69, 9.17) is 0 Å². The summed E-state index contributed by atoms with van der Waals surface area (Å²) in [6.07, 6.45) is 0. The minimum atomic E-state index is 1.15. The van der Waals surface area contributed by atoms with Crippen molar-refractivity contribution in [2.75, 3.05) is 4.90 Å². The normalized spacial score (nSPS) is 11.7. The van der Waals surface area contributed by atoms with Gasteiger partial charge in [-0.1, -0.05) is 127 Å². The summed E-state index contributed by atoms with van der Waals surface area (Å²) in [5.74, 6) is 0. The molecule has 8 aromatic carbocycles. The Morgan fingerprint density at radius 2 is 1.00 bits per heavy atom. The van der Waals surface area contributed by atoms with Gasteiger partial charge in [-0.3, -0.25) is 0 Å². The van der Waals surface area contributed by atoms with Gasteiger partial charge in [0.2, 0.25) is 0 Å². The van der Waals surface area contributed by atoms with E-state index in [1.54, 1.807) is 0 Å². The molecular formula is C46H29NS2. The van der Waals surface area contributed by atoms with E-state index in [9.17, 15) is 0 Å². The van der Waals surface area contributed by atoms with Gasteiger partial charge in [-0.2, -0.15) is 0 Å². The molecule has 0 aliphatic heterocycles. The highest BCUT2D eigenvalue weighted by molar-refractivity contribution is 7.26. The first-order valence-electron chi connectivity index (χ1n) is 16.6. The quantitative estimate of drug-likeness (QED) is 0.178. The van der Waals surface area contributed by atoms with E-state index in [2.05, 4.69) is 181 Å². The molecule has 0 saturated heterocycles. The fourth-order valence-electron chi connectivity index (χ4n) is 7.30. The molecule has 0 spiro atoms. The molecule has 0 N–H and O–H groups in total. The fraction of sp³-hybridized carbons (Fsp3) is 0. The predicted molar refractivity (Wildman–Crippen MR) is 215 cm³/mol. The molecule has 0 aliphatic carbocycles. The fourth-order valence-corrected chi connectivity index (χ4v) is 9.59. The Kier molecular flexibility index (Phi) is 6.61. The van der Waals surface area contributed by atoms with Crippen LogP contribution < -0.4 is 4.90 Å². The first-order valence-corrected chi connectivity index (χ1v) is 18.2. The summed E-state index contributed by atoms with van der Waals surface area (Å²) in [5, 5.41) is 7.68. The molecule has 0 fully saturated rings. The SMILES string of the molecule is c1ccc(-c2ccc(-c3ccc4ccccc4c3)cc2N(c2ccc3sc4ccccc4c3c2)c2cccc3c2sc2ccccc23)cc1. The minimum Gasteiger partial charge on any atom is -0.308 e. The average molecular weight is 660 g/mol. The van der Waals surface area contributed by atoms with Crippen molar-refractivity contribution in [3.63, 3.8) is 0 Å². The number of nitrogens with zero attached hydrogens (tertiary/aromatic N) is 1. The van der Waals surface area contributed by atoms with Crippen molar-refractivity contribution >= 4 is 90.9 Å². The van der Waals surface area contributed by atoms with Crippen LogP contribution in [0.5, 0.6) is 0 Å². The van der Waals surface area contributed by atoms with Gasteiger partial charge in [-0.25, -0.2) is 0 Å². The van der Waals surface area contributed by atoms with Crippen molar-refractivity contribution in [1.82, 2.24) is 0 Å². The number of rotatable bonds is 5. The predicted octanol–water partition coefficient (Wildman–Crippen LogP) is 14.4. The highest BCUT2D eigenvalue weighted by Crippen LogP contribution is 2.49. The van der Waals surface area contributed by atoms with Crippen LogP contribution in [0.2, 0.25) is 0 Å². The molecule has 0 aliphatic rings. The van der Waals surface area contributed by atoms with Gasteiger partial charge in [0.05, 0.1) is 16.1 Å². The van der Waals surface area contributed by atoms with Crippen LogP contribution in [-0.4, -0.2) is 0 Å². The van der Waals surface area contributed by atoms with Crippen molar-refractivity contribution in [3.8, 4) is 22.3 Å². The van der Waals surface area contributed by atoms with Crippen LogP contribution in [0.25, 0.3) is 73.4 Å². The second-order valence-electron chi connectivity index (χ2n) is 12.5. The van der Waals surface area contributed by atoms with Gasteiger partial charge < -0.3 is 4.90 Å². The van der Waals surface area contributed by atoms with Gasteiger partial charge in [0.25, 0.3) is 0 Å². The van der Waals surface area contributed by atoms with Gasteiger partial charge in [0, 0.05) is 46.9 Å². The molecule has 10 aromatic rings. The van der Waals surface area contributed by atoms with Crippen LogP contribution in [0.15, 0.2) is 176 Å². The zero-order valence-electron chi connectivity index (χ0n) is 26.5. The molecule has 2 aromatic heterocycles. The zero-order chi connectivity index (χ0) is 32.3. The number of benzene rings is 8. The van der Waals surface area contributed by atoms with E-state index in [0.29, 0.717) is 0 Å². The largest absolute Gasteiger partial charge is 0.308 e. The summed E-state index contributed by atoms with van der Waals surface area (Å²) < 4.78 is 5.21. The molecule has 0 amide bonds. The van der Waals surface area contributed by atoms with E-state index in [0.717, 1.165) is 11.4 Å². The van der Waals surface area contributed by atoms with Gasteiger partial charge in [-0.15, -0.1) is 22.7 Å². The zero-order valence-corrected chi connectivity index (χ0v) is 28.1. The summed E-state index contributed by atoms with van der Waals surface area (Å²) in [4.78, 5) is 2.51. The van der Waals surface area contributed by atoms with Crippen LogP contribution >= 0.6 is 22.7 Å². The lowest BCUT2D eigenvalue weighted by atomic mass is 9.95. The number of hydrogen-bond acceptors (Lipinski definition) is 3. The highest BCUT2D eigenvalue weighted by Gasteiger charge is 2.22. The maximum atomic E-state index is 2.51. The molecule has 0 radical (unpaired) electrons. The van der Waals surface area contributed by atoms with Crippen molar-refractivity contribution in [3.05, 3.63) is 176 Å². The molecule has 10 rings (SSSR count). The Bertz CT molecular complexity index is 2840. The summed E-state index contributed by atoms with van der Waals surface area (Å²) in [7, 11) is 0. The molecule has 2 heterocycles. The van der Waals surface area contributed by atoms with E-state index in [1.165, 1.54) is 79.1 Å². The smallest absolute Gasteiger partial charge is 0.0640 e. The molecule has 230 valence electrons. The maximum absolute atomic E-state index is 2.51. The third-order valence-corrected chi connectivity index (χ3v) is 12.0. The van der Waals surface area contributed by atoms with Crippen LogP contribution in [-0.2, 0) is 0 Å². The van der Waals surface area contributed by atoms with Crippen molar-refractivity contribution < 1.29 is 0 Å². The first kappa shape index (κ1) is 28.3. The Morgan fingerprint density at radius 3 is 1.86 bits per heavy atom. The summed E-state index contributed by atoms with van der Waals surface area (Å²) in [5.41, 5.74) is 8.27. The highest BCUT2D eigenvalue weighted by atomic mass is 32.1. The summed E-state index contributed by atoms with van der Waals surface area (Å²) in [6, 6.07) is 64.6. The number of anilines is 3. The topological polar surface area (TPSA) is 3.24 Å². The lowest BCUT2D eigenvalue weighted by Gasteiger charge is -2.29. The Labute approximate surface area is 292 Å². The Balaban J connectivity index is 1.29. The van der Waals surface area contributed by atoms with E-state index in [-0.39, 0.29) is 0 Å². The van der Waals surface area contributed by atoms with Gasteiger partial charge in [-0.05, 0) is 76.0 Å². The third kappa shape index (κ3) is 4.74. The van der Waals surface area contributed by atoms with E-state index < -0.39 is 0 Å². The molecule has 0 bridgehead atoms. The number of hydrogen-bond donors (Lipinski definition) is 0. The summed E-state index contributed by atoms with van der Waals surface area (Å²) >= 11 is 3.74. The van der Waals surface area contributed by atoms with Crippen LogP contribution in [0.4, 0.5) is 17.1 Å². The Hall–Kier alpha value is -5.74. The molecule has 0 atom stereocenters. The molecule has 0 unspecified atom stereocenters. The van der Waals surface area contributed by atoms with E-state index in [1.807, 2.05) is 22.7 Å².